The van der Waals surface area contributed by atoms with Gasteiger partial charge in [0.1, 0.15) is 11.6 Å². The molecule has 2 aromatic carbocycles. The minimum atomic E-state index is -0.543. The number of amides is 2. The summed E-state index contributed by atoms with van der Waals surface area (Å²) in [5.41, 5.74) is 6.51. The summed E-state index contributed by atoms with van der Waals surface area (Å²) in [6.45, 7) is 2.41. The van der Waals surface area contributed by atoms with Gasteiger partial charge in [0.2, 0.25) is 11.8 Å². The van der Waals surface area contributed by atoms with Gasteiger partial charge in [-0.15, -0.1) is 0 Å². The maximum absolute atomic E-state index is 13.4. The van der Waals surface area contributed by atoms with Crippen LogP contribution < -0.4 is 5.73 Å². The average molecular weight is 386 g/mol. The fraction of sp³-hybridized carbons (Fsp3) is 0.364. The van der Waals surface area contributed by atoms with Gasteiger partial charge in [0.15, 0.2) is 0 Å². The van der Waals surface area contributed by atoms with Crippen LogP contribution in [-0.4, -0.2) is 23.3 Å². The highest BCUT2D eigenvalue weighted by Crippen LogP contribution is 2.42. The Morgan fingerprint density at radius 3 is 2.21 bits per heavy atom. The van der Waals surface area contributed by atoms with E-state index in [1.54, 1.807) is 29.2 Å². The fourth-order valence-electron chi connectivity index (χ4n) is 4.04. The van der Waals surface area contributed by atoms with Gasteiger partial charge in [0.25, 0.3) is 0 Å². The van der Waals surface area contributed by atoms with Crippen LogP contribution in [0.25, 0.3) is 0 Å². The standard InChI is InChI=1S/C22H24F2N2O2/c1-15(16-2-6-18(23)7-3-16)26-13-12-22(14-21(26)28,11-10-20(25)27)17-4-8-19(24)9-5-17/h2-9,15H,10-14H2,1H3,(H2,25,27)/t15-,22+/m0/s1. The molecule has 4 nitrogen and oxygen atoms in total. The third-order valence-electron chi connectivity index (χ3n) is 5.77. The molecule has 2 aromatic rings. The molecule has 0 radical (unpaired) electrons. The molecule has 3 rings (SSSR count). The molecule has 0 bridgehead atoms. The predicted molar refractivity (Wildman–Crippen MR) is 102 cm³/mol. The van der Waals surface area contributed by atoms with Crippen LogP contribution in [-0.2, 0) is 15.0 Å². The third-order valence-corrected chi connectivity index (χ3v) is 5.77. The van der Waals surface area contributed by atoms with Crippen LogP contribution in [0.15, 0.2) is 48.5 Å². The van der Waals surface area contributed by atoms with Crippen molar-refractivity contribution in [3.05, 3.63) is 71.3 Å². The zero-order valence-electron chi connectivity index (χ0n) is 15.8. The largest absolute Gasteiger partial charge is 0.370 e. The molecule has 0 spiro atoms. The number of hydrogen-bond donors (Lipinski definition) is 1. The molecule has 1 heterocycles. The Labute approximate surface area is 163 Å². The molecule has 6 heteroatoms. The van der Waals surface area contributed by atoms with E-state index >= 15 is 0 Å². The molecule has 0 unspecified atom stereocenters. The summed E-state index contributed by atoms with van der Waals surface area (Å²) >= 11 is 0. The summed E-state index contributed by atoms with van der Waals surface area (Å²) in [5, 5.41) is 0. The molecule has 28 heavy (non-hydrogen) atoms. The quantitative estimate of drug-likeness (QED) is 0.820. The molecule has 1 fully saturated rings. The van der Waals surface area contributed by atoms with Crippen molar-refractivity contribution >= 4 is 11.8 Å². The predicted octanol–water partition coefficient (Wildman–Crippen LogP) is 3.85. The number of nitrogens with zero attached hydrogens (tertiary/aromatic N) is 1. The topological polar surface area (TPSA) is 63.4 Å². The minimum Gasteiger partial charge on any atom is -0.370 e. The van der Waals surface area contributed by atoms with E-state index in [4.69, 9.17) is 5.73 Å². The van der Waals surface area contributed by atoms with E-state index in [0.29, 0.717) is 19.4 Å². The maximum atomic E-state index is 13.4. The second-order valence-corrected chi connectivity index (χ2v) is 7.49. The molecule has 1 aliphatic heterocycles. The first-order valence-corrected chi connectivity index (χ1v) is 9.40. The number of hydrogen-bond acceptors (Lipinski definition) is 2. The van der Waals surface area contributed by atoms with E-state index in [1.165, 1.54) is 24.3 Å². The Morgan fingerprint density at radius 1 is 1.11 bits per heavy atom. The van der Waals surface area contributed by atoms with Gasteiger partial charge in [-0.25, -0.2) is 8.78 Å². The molecule has 0 aromatic heterocycles. The normalized spacial score (nSPS) is 20.8. The van der Waals surface area contributed by atoms with Crippen LogP contribution >= 0.6 is 0 Å². The summed E-state index contributed by atoms with van der Waals surface area (Å²) in [6, 6.07) is 12.1. The van der Waals surface area contributed by atoms with Gasteiger partial charge >= 0.3 is 0 Å². The number of nitrogens with two attached hydrogens (primary N) is 1. The summed E-state index contributed by atoms with van der Waals surface area (Å²) in [6.07, 6.45) is 1.47. The van der Waals surface area contributed by atoms with Crippen LogP contribution in [0.5, 0.6) is 0 Å². The summed E-state index contributed by atoms with van der Waals surface area (Å²) in [5.74, 6) is -1.13. The van der Waals surface area contributed by atoms with Crippen molar-refractivity contribution in [3.63, 3.8) is 0 Å². The fourth-order valence-corrected chi connectivity index (χ4v) is 4.04. The van der Waals surface area contributed by atoms with Crippen molar-refractivity contribution in [1.29, 1.82) is 0 Å². The van der Waals surface area contributed by atoms with Gasteiger partial charge in [0.05, 0.1) is 6.04 Å². The highest BCUT2D eigenvalue weighted by atomic mass is 19.1. The number of likely N-dealkylation sites (tertiary alicyclic amines) is 1. The van der Waals surface area contributed by atoms with Gasteiger partial charge in [0, 0.05) is 24.8 Å². The highest BCUT2D eigenvalue weighted by molar-refractivity contribution is 5.80. The van der Waals surface area contributed by atoms with Crippen LogP contribution in [0.1, 0.15) is 49.8 Å². The molecular formula is C22H24F2N2O2. The Morgan fingerprint density at radius 2 is 1.68 bits per heavy atom. The minimum absolute atomic E-state index is 0.0446. The summed E-state index contributed by atoms with van der Waals surface area (Å²) in [4.78, 5) is 26.2. The molecule has 1 aliphatic rings. The first-order valence-electron chi connectivity index (χ1n) is 9.40. The van der Waals surface area contributed by atoms with Crippen molar-refractivity contribution in [2.75, 3.05) is 6.54 Å². The molecule has 148 valence electrons. The zero-order valence-corrected chi connectivity index (χ0v) is 15.8. The number of halogens is 2. The monoisotopic (exact) mass is 386 g/mol. The average Bonchev–Trinajstić information content (AvgIpc) is 2.67. The number of benzene rings is 2. The molecule has 2 amide bonds. The van der Waals surface area contributed by atoms with Crippen molar-refractivity contribution in [2.24, 2.45) is 5.73 Å². The van der Waals surface area contributed by atoms with Crippen molar-refractivity contribution in [1.82, 2.24) is 4.90 Å². The first kappa shape index (κ1) is 20.0. The summed E-state index contributed by atoms with van der Waals surface area (Å²) in [7, 11) is 0. The van der Waals surface area contributed by atoms with Gasteiger partial charge < -0.3 is 10.6 Å². The second kappa shape index (κ2) is 8.09. The van der Waals surface area contributed by atoms with Crippen LogP contribution in [0, 0.1) is 11.6 Å². The Bertz CT molecular complexity index is 852. The lowest BCUT2D eigenvalue weighted by molar-refractivity contribution is -0.139. The third kappa shape index (κ3) is 4.21. The molecule has 0 aliphatic carbocycles. The van der Waals surface area contributed by atoms with Crippen LogP contribution in [0.2, 0.25) is 0 Å². The Hall–Kier alpha value is -2.76. The lowest BCUT2D eigenvalue weighted by atomic mass is 9.69. The highest BCUT2D eigenvalue weighted by Gasteiger charge is 2.41. The lowest BCUT2D eigenvalue weighted by Gasteiger charge is -2.44. The number of carbonyl (C=O) groups is 2. The molecule has 1 saturated heterocycles. The van der Waals surface area contributed by atoms with Gasteiger partial charge in [-0.1, -0.05) is 24.3 Å². The number of carbonyl (C=O) groups excluding carboxylic acids is 2. The van der Waals surface area contributed by atoms with Crippen molar-refractivity contribution in [2.45, 2.75) is 44.1 Å². The lowest BCUT2D eigenvalue weighted by Crippen LogP contribution is -2.47. The first-order chi connectivity index (χ1) is 13.3. The van der Waals surface area contributed by atoms with Crippen molar-refractivity contribution < 1.29 is 18.4 Å². The van der Waals surface area contributed by atoms with E-state index in [9.17, 15) is 18.4 Å². The maximum Gasteiger partial charge on any atom is 0.223 e. The molecule has 2 N–H and O–H groups in total. The Balaban J connectivity index is 1.83. The second-order valence-electron chi connectivity index (χ2n) is 7.49. The van der Waals surface area contributed by atoms with E-state index in [1.807, 2.05) is 6.92 Å². The van der Waals surface area contributed by atoms with E-state index in [-0.39, 0.29) is 36.4 Å². The van der Waals surface area contributed by atoms with E-state index in [2.05, 4.69) is 0 Å². The van der Waals surface area contributed by atoms with Gasteiger partial charge in [-0.05, 0) is 55.2 Å². The SMILES string of the molecule is C[C@@H](c1ccc(F)cc1)N1CC[C@@](CCC(N)=O)(c2ccc(F)cc2)CC1=O. The Kier molecular flexibility index (Phi) is 5.77. The number of primary amides is 1. The molecule has 2 atom stereocenters. The van der Waals surface area contributed by atoms with E-state index in [0.717, 1.165) is 11.1 Å². The number of rotatable bonds is 6. The van der Waals surface area contributed by atoms with E-state index < -0.39 is 11.3 Å². The number of piperidine rings is 1. The van der Waals surface area contributed by atoms with Crippen LogP contribution in [0.4, 0.5) is 8.78 Å². The molecule has 0 saturated carbocycles. The van der Waals surface area contributed by atoms with Crippen molar-refractivity contribution in [3.8, 4) is 0 Å². The van der Waals surface area contributed by atoms with Gasteiger partial charge in [-0.2, -0.15) is 0 Å². The van der Waals surface area contributed by atoms with Crippen LogP contribution in [0.3, 0.4) is 0 Å². The van der Waals surface area contributed by atoms with Gasteiger partial charge in [-0.3, -0.25) is 9.59 Å². The summed E-state index contributed by atoms with van der Waals surface area (Å²) < 4.78 is 26.6. The molecular weight excluding hydrogens is 362 g/mol. The smallest absolute Gasteiger partial charge is 0.223 e. The zero-order chi connectivity index (χ0) is 20.3.